The van der Waals surface area contributed by atoms with E-state index in [1.54, 1.807) is 6.08 Å². The van der Waals surface area contributed by atoms with Gasteiger partial charge in [0.1, 0.15) is 5.78 Å². The lowest BCUT2D eigenvalue weighted by Crippen LogP contribution is -2.43. The van der Waals surface area contributed by atoms with E-state index in [0.29, 0.717) is 30.5 Å². The predicted molar refractivity (Wildman–Crippen MR) is 125 cm³/mol. The number of aliphatic hydroxyl groups is 1. The summed E-state index contributed by atoms with van der Waals surface area (Å²) < 4.78 is 27.1. The molecule has 1 aliphatic heterocycles. The zero-order valence-electron chi connectivity index (χ0n) is 19.1. The molecule has 2 aromatic rings. The molecule has 0 aromatic heterocycles. The Labute approximate surface area is 198 Å². The van der Waals surface area contributed by atoms with E-state index in [9.17, 15) is 23.5 Å². The maximum atomic E-state index is 13.7. The Bertz CT molecular complexity index is 1060. The van der Waals surface area contributed by atoms with Gasteiger partial charge < -0.3 is 15.3 Å². The summed E-state index contributed by atoms with van der Waals surface area (Å²) in [5.74, 6) is -2.84. The molecular weight excluding hydrogens is 438 g/mol. The minimum atomic E-state index is -0.990. The number of halogens is 2. The van der Waals surface area contributed by atoms with Crippen LogP contribution in [0.25, 0.3) is 0 Å². The van der Waals surface area contributed by atoms with E-state index in [-0.39, 0.29) is 24.5 Å². The lowest BCUT2D eigenvalue weighted by Gasteiger charge is -2.38. The minimum Gasteiger partial charge on any atom is -0.385 e. The van der Waals surface area contributed by atoms with Crippen LogP contribution in [-0.2, 0) is 15.2 Å². The number of likely N-dealkylation sites (tertiary alicyclic amines) is 1. The van der Waals surface area contributed by atoms with Gasteiger partial charge in [-0.1, -0.05) is 42.5 Å². The van der Waals surface area contributed by atoms with Gasteiger partial charge in [0, 0.05) is 44.0 Å². The number of benzene rings is 2. The van der Waals surface area contributed by atoms with Crippen molar-refractivity contribution in [3.8, 4) is 0 Å². The summed E-state index contributed by atoms with van der Waals surface area (Å²) in [5.41, 5.74) is 1.02. The molecule has 1 heterocycles. The van der Waals surface area contributed by atoms with Crippen molar-refractivity contribution in [2.75, 3.05) is 26.2 Å². The second-order valence-electron chi connectivity index (χ2n) is 9.18. The average Bonchev–Trinajstić information content (AvgIpc) is 2.85. The average molecular weight is 469 g/mol. The Balaban J connectivity index is 1.26. The molecule has 180 valence electrons. The molecule has 4 rings (SSSR count). The molecule has 0 saturated carbocycles. The van der Waals surface area contributed by atoms with Gasteiger partial charge in [-0.3, -0.25) is 9.59 Å². The molecule has 1 aliphatic carbocycles. The number of hydrogen-bond donors (Lipinski definition) is 2. The number of rotatable bonds is 7. The van der Waals surface area contributed by atoms with E-state index in [1.807, 2.05) is 30.3 Å². The quantitative estimate of drug-likeness (QED) is 0.606. The summed E-state index contributed by atoms with van der Waals surface area (Å²) in [6.45, 7) is 2.83. The fourth-order valence-electron chi connectivity index (χ4n) is 4.85. The standard InChI is InChI=1S/C27H30F2N2O3/c28-24-10-7-19(17-25(24)29)23-18-21(32)8-9-22(23)26(33)30-13-4-14-31-15-11-27(34,12-16-31)20-5-2-1-3-6-20/h1-3,5-7,9-10,17,23,34H,4,8,11-16,18H2,(H,30,33). The number of piperidine rings is 1. The number of amides is 1. The van der Waals surface area contributed by atoms with Crippen molar-refractivity contribution >= 4 is 11.7 Å². The highest BCUT2D eigenvalue weighted by atomic mass is 19.2. The van der Waals surface area contributed by atoms with Crippen LogP contribution in [0.1, 0.15) is 49.1 Å². The fourth-order valence-corrected chi connectivity index (χ4v) is 4.85. The zero-order valence-corrected chi connectivity index (χ0v) is 19.1. The molecule has 2 N–H and O–H groups in total. The highest BCUT2D eigenvalue weighted by molar-refractivity contribution is 5.98. The predicted octanol–water partition coefficient (Wildman–Crippen LogP) is 3.83. The van der Waals surface area contributed by atoms with Crippen molar-refractivity contribution < 1.29 is 23.5 Å². The van der Waals surface area contributed by atoms with Crippen LogP contribution in [0.15, 0.2) is 60.2 Å². The molecule has 1 saturated heterocycles. The fraction of sp³-hybridized carbons (Fsp3) is 0.407. The van der Waals surface area contributed by atoms with Crippen molar-refractivity contribution in [1.82, 2.24) is 10.2 Å². The van der Waals surface area contributed by atoms with Crippen LogP contribution in [0, 0.1) is 11.6 Å². The normalized spacial score (nSPS) is 20.6. The zero-order chi connectivity index (χ0) is 24.1. The SMILES string of the molecule is O=C1CC=C(C(=O)NCCCN2CCC(O)(c3ccccc3)CC2)C(c2ccc(F)c(F)c2)C1. The van der Waals surface area contributed by atoms with Crippen LogP contribution in [0.4, 0.5) is 8.78 Å². The van der Waals surface area contributed by atoms with Crippen LogP contribution >= 0.6 is 0 Å². The van der Waals surface area contributed by atoms with Crippen LogP contribution in [0.5, 0.6) is 0 Å². The van der Waals surface area contributed by atoms with Gasteiger partial charge >= 0.3 is 0 Å². The maximum Gasteiger partial charge on any atom is 0.247 e. The lowest BCUT2D eigenvalue weighted by atomic mass is 9.81. The van der Waals surface area contributed by atoms with Crippen molar-refractivity contribution in [3.05, 3.63) is 82.9 Å². The van der Waals surface area contributed by atoms with Crippen LogP contribution in [0.3, 0.4) is 0 Å². The van der Waals surface area contributed by atoms with Crippen molar-refractivity contribution in [1.29, 1.82) is 0 Å². The van der Waals surface area contributed by atoms with Gasteiger partial charge in [0.2, 0.25) is 5.91 Å². The summed E-state index contributed by atoms with van der Waals surface area (Å²) in [6.07, 6.45) is 3.95. The number of ketones is 1. The molecule has 1 amide bonds. The van der Waals surface area contributed by atoms with Gasteiger partial charge in [-0.25, -0.2) is 8.78 Å². The largest absolute Gasteiger partial charge is 0.385 e. The molecule has 2 aliphatic rings. The Morgan fingerprint density at radius 1 is 1.09 bits per heavy atom. The van der Waals surface area contributed by atoms with Gasteiger partial charge in [0.25, 0.3) is 0 Å². The Morgan fingerprint density at radius 3 is 2.53 bits per heavy atom. The van der Waals surface area contributed by atoms with Gasteiger partial charge in [-0.2, -0.15) is 0 Å². The molecule has 1 unspecified atom stereocenters. The van der Waals surface area contributed by atoms with E-state index in [4.69, 9.17) is 0 Å². The third-order valence-electron chi connectivity index (χ3n) is 6.90. The van der Waals surface area contributed by atoms with Crippen LogP contribution in [0.2, 0.25) is 0 Å². The second-order valence-corrected chi connectivity index (χ2v) is 9.18. The third-order valence-corrected chi connectivity index (χ3v) is 6.90. The number of Topliss-reactive ketones (excluding diaryl/α,β-unsaturated/α-hetero) is 1. The first-order chi connectivity index (χ1) is 16.4. The van der Waals surface area contributed by atoms with E-state index in [2.05, 4.69) is 10.2 Å². The van der Waals surface area contributed by atoms with Crippen LogP contribution < -0.4 is 5.32 Å². The number of carbonyl (C=O) groups excluding carboxylic acids is 2. The molecule has 0 radical (unpaired) electrons. The molecular formula is C27H30F2N2O3. The van der Waals surface area contributed by atoms with Crippen LogP contribution in [-0.4, -0.2) is 47.9 Å². The summed E-state index contributed by atoms with van der Waals surface area (Å²) in [7, 11) is 0. The number of nitrogens with zero attached hydrogens (tertiary/aromatic N) is 1. The molecule has 0 spiro atoms. The Morgan fingerprint density at radius 2 is 1.82 bits per heavy atom. The first-order valence-corrected chi connectivity index (χ1v) is 11.8. The number of allylic oxidation sites excluding steroid dienone is 1. The molecule has 1 atom stereocenters. The molecule has 0 bridgehead atoms. The van der Waals surface area contributed by atoms with E-state index >= 15 is 0 Å². The van der Waals surface area contributed by atoms with E-state index in [0.717, 1.165) is 43.8 Å². The number of nitrogens with one attached hydrogen (secondary N) is 1. The van der Waals surface area contributed by atoms with Gasteiger partial charge in [-0.15, -0.1) is 0 Å². The van der Waals surface area contributed by atoms with Gasteiger partial charge in [0.15, 0.2) is 11.6 Å². The summed E-state index contributed by atoms with van der Waals surface area (Å²) in [4.78, 5) is 27.1. The summed E-state index contributed by atoms with van der Waals surface area (Å²) in [5, 5.41) is 13.9. The minimum absolute atomic E-state index is 0.0353. The van der Waals surface area contributed by atoms with Crippen molar-refractivity contribution in [3.63, 3.8) is 0 Å². The smallest absolute Gasteiger partial charge is 0.247 e. The van der Waals surface area contributed by atoms with Gasteiger partial charge in [-0.05, 0) is 49.1 Å². The number of hydrogen-bond acceptors (Lipinski definition) is 4. The molecule has 5 nitrogen and oxygen atoms in total. The Kier molecular flexibility index (Phi) is 7.54. The van der Waals surface area contributed by atoms with Crippen molar-refractivity contribution in [2.24, 2.45) is 0 Å². The highest BCUT2D eigenvalue weighted by Crippen LogP contribution is 2.34. The first-order valence-electron chi connectivity index (χ1n) is 11.8. The second kappa shape index (κ2) is 10.6. The molecule has 1 fully saturated rings. The lowest BCUT2D eigenvalue weighted by molar-refractivity contribution is -0.119. The molecule has 34 heavy (non-hydrogen) atoms. The van der Waals surface area contributed by atoms with E-state index < -0.39 is 23.2 Å². The summed E-state index contributed by atoms with van der Waals surface area (Å²) >= 11 is 0. The monoisotopic (exact) mass is 468 g/mol. The first kappa shape index (κ1) is 24.2. The third kappa shape index (κ3) is 5.59. The Hall–Kier alpha value is -2.90. The van der Waals surface area contributed by atoms with E-state index in [1.165, 1.54) is 6.07 Å². The van der Waals surface area contributed by atoms with Crippen molar-refractivity contribution in [2.45, 2.75) is 43.6 Å². The number of carbonyl (C=O) groups is 2. The molecule has 7 heteroatoms. The van der Waals surface area contributed by atoms with Gasteiger partial charge in [0.05, 0.1) is 5.60 Å². The topological polar surface area (TPSA) is 69.6 Å². The highest BCUT2D eigenvalue weighted by Gasteiger charge is 2.33. The molecule has 2 aromatic carbocycles. The maximum absolute atomic E-state index is 13.7. The summed E-state index contributed by atoms with van der Waals surface area (Å²) in [6, 6.07) is 13.3.